The lowest BCUT2D eigenvalue weighted by molar-refractivity contribution is -0.230. The molecule has 13 heteroatoms. The van der Waals surface area contributed by atoms with E-state index in [2.05, 4.69) is 9.97 Å². The van der Waals surface area contributed by atoms with Crippen molar-refractivity contribution in [3.8, 4) is 5.88 Å². The third kappa shape index (κ3) is 4.58. The number of carbonyl (C=O) groups excluding carboxylic acids is 1. The van der Waals surface area contributed by atoms with Crippen LogP contribution in [-0.4, -0.2) is 74.7 Å². The Balaban J connectivity index is 1.42. The summed E-state index contributed by atoms with van der Waals surface area (Å²) in [4.78, 5) is 34.3. The highest BCUT2D eigenvalue weighted by atomic mass is 32.1. The van der Waals surface area contributed by atoms with Crippen molar-refractivity contribution in [1.29, 1.82) is 0 Å². The molecule has 0 spiro atoms. The highest BCUT2D eigenvalue weighted by molar-refractivity contribution is 7.80. The fourth-order valence-corrected chi connectivity index (χ4v) is 5.74. The van der Waals surface area contributed by atoms with E-state index in [0.29, 0.717) is 29.8 Å². The molecule has 3 aliphatic heterocycles. The number of benzene rings is 1. The molecule has 5 heterocycles. The summed E-state index contributed by atoms with van der Waals surface area (Å²) < 4.78 is 39.5. The molecule has 6 rings (SSSR count). The van der Waals surface area contributed by atoms with Gasteiger partial charge in [-0.2, -0.15) is 4.98 Å². The van der Waals surface area contributed by atoms with Crippen LogP contribution in [0.2, 0.25) is 0 Å². The number of imidazole rings is 1. The van der Waals surface area contributed by atoms with Crippen molar-refractivity contribution in [3.05, 3.63) is 76.4 Å². The zero-order chi connectivity index (χ0) is 27.9. The molecule has 0 N–H and O–H groups in total. The quantitative estimate of drug-likeness (QED) is 0.308. The maximum atomic E-state index is 13.3. The predicted molar refractivity (Wildman–Crippen MR) is 142 cm³/mol. The number of thiocarbonyl (C=S) groups is 1. The fourth-order valence-electron chi connectivity index (χ4n) is 5.53. The number of carbonyl (C=O) groups is 1. The molecular weight excluding hydrogens is 540 g/mol. The van der Waals surface area contributed by atoms with E-state index >= 15 is 0 Å². The van der Waals surface area contributed by atoms with Gasteiger partial charge in [0.15, 0.2) is 18.6 Å². The minimum absolute atomic E-state index is 0.0908. The molecule has 40 heavy (non-hydrogen) atoms. The SMILES string of the molecule is COc1nc(=O)n2c(c1C)C[C@@]1(O[C@@H]3CCCO3)[C@@H](COC(=O)c3ccccc3)O[C@@H]2[C@@H]1OC(=S)n1ccnc1. The molecule has 0 unspecified atom stereocenters. The smallest absolute Gasteiger partial charge is 0.353 e. The minimum atomic E-state index is -1.25. The number of rotatable bonds is 7. The minimum Gasteiger partial charge on any atom is -0.481 e. The Morgan fingerprint density at radius 3 is 2.80 bits per heavy atom. The van der Waals surface area contributed by atoms with Gasteiger partial charge in [0.25, 0.3) is 5.17 Å². The van der Waals surface area contributed by atoms with Gasteiger partial charge in [-0.25, -0.2) is 14.6 Å². The summed E-state index contributed by atoms with van der Waals surface area (Å²) in [5.74, 6) is -0.304. The maximum Gasteiger partial charge on any atom is 0.353 e. The average molecular weight is 569 g/mol. The van der Waals surface area contributed by atoms with Crippen LogP contribution in [0.5, 0.6) is 5.88 Å². The van der Waals surface area contributed by atoms with Gasteiger partial charge in [-0.05, 0) is 37.7 Å². The maximum absolute atomic E-state index is 13.3. The molecular formula is C27H28N4O8S. The summed E-state index contributed by atoms with van der Waals surface area (Å²) >= 11 is 5.58. The molecule has 2 aromatic heterocycles. The molecule has 1 aromatic carbocycles. The third-order valence-electron chi connectivity index (χ3n) is 7.49. The van der Waals surface area contributed by atoms with E-state index in [-0.39, 0.29) is 24.1 Å². The molecule has 2 saturated heterocycles. The normalized spacial score (nSPS) is 26.8. The number of aromatic nitrogens is 4. The van der Waals surface area contributed by atoms with Crippen LogP contribution in [0.3, 0.4) is 0 Å². The molecule has 3 aromatic rings. The Morgan fingerprint density at radius 2 is 2.10 bits per heavy atom. The van der Waals surface area contributed by atoms with Gasteiger partial charge in [0.2, 0.25) is 5.88 Å². The number of nitrogens with zero attached hydrogens (tertiary/aromatic N) is 4. The van der Waals surface area contributed by atoms with Crippen LogP contribution in [0, 0.1) is 6.92 Å². The average Bonchev–Trinajstić information content (AvgIpc) is 3.72. The summed E-state index contributed by atoms with van der Waals surface area (Å²) in [7, 11) is 1.46. The van der Waals surface area contributed by atoms with Crippen molar-refractivity contribution in [3.63, 3.8) is 0 Å². The first-order valence-corrected chi connectivity index (χ1v) is 13.3. The van der Waals surface area contributed by atoms with Crippen LogP contribution < -0.4 is 10.4 Å². The number of ether oxygens (including phenoxy) is 6. The Kier molecular flexibility index (Phi) is 7.13. The van der Waals surface area contributed by atoms with Crippen molar-refractivity contribution in [2.75, 3.05) is 20.3 Å². The van der Waals surface area contributed by atoms with E-state index in [1.165, 1.54) is 22.6 Å². The molecule has 0 saturated carbocycles. The molecule has 5 atom stereocenters. The molecule has 210 valence electrons. The number of fused-ring (bicyclic) bond motifs is 4. The van der Waals surface area contributed by atoms with E-state index in [1.807, 2.05) is 13.0 Å². The van der Waals surface area contributed by atoms with Gasteiger partial charge >= 0.3 is 11.7 Å². The van der Waals surface area contributed by atoms with E-state index in [1.54, 1.807) is 36.7 Å². The van der Waals surface area contributed by atoms with Crippen molar-refractivity contribution in [2.45, 2.75) is 56.5 Å². The van der Waals surface area contributed by atoms with Crippen LogP contribution in [0.4, 0.5) is 0 Å². The summed E-state index contributed by atoms with van der Waals surface area (Å²) in [6.07, 6.45) is 3.09. The monoisotopic (exact) mass is 568 g/mol. The van der Waals surface area contributed by atoms with Gasteiger partial charge in [-0.3, -0.25) is 9.13 Å². The zero-order valence-corrected chi connectivity index (χ0v) is 22.7. The summed E-state index contributed by atoms with van der Waals surface area (Å²) in [5, 5.41) is 0.0908. The number of esters is 1. The number of hydrogen-bond acceptors (Lipinski definition) is 11. The fraction of sp³-hybridized carbons (Fsp3) is 0.444. The topological polar surface area (TPSA) is 125 Å². The largest absolute Gasteiger partial charge is 0.481 e. The van der Waals surface area contributed by atoms with E-state index in [0.717, 1.165) is 6.42 Å². The van der Waals surface area contributed by atoms with E-state index in [9.17, 15) is 9.59 Å². The van der Waals surface area contributed by atoms with Crippen LogP contribution >= 0.6 is 12.2 Å². The van der Waals surface area contributed by atoms with Gasteiger partial charge in [-0.15, -0.1) is 0 Å². The number of hydrogen-bond donors (Lipinski definition) is 0. The van der Waals surface area contributed by atoms with Crippen molar-refractivity contribution in [1.82, 2.24) is 19.1 Å². The van der Waals surface area contributed by atoms with Gasteiger partial charge in [0.1, 0.15) is 24.6 Å². The van der Waals surface area contributed by atoms with Crippen LogP contribution in [-0.2, 0) is 30.1 Å². The lowest BCUT2D eigenvalue weighted by atomic mass is 9.83. The first-order valence-electron chi connectivity index (χ1n) is 12.9. The van der Waals surface area contributed by atoms with Gasteiger partial charge in [0.05, 0.1) is 12.7 Å². The Hall–Kier alpha value is -3.65. The first-order chi connectivity index (χ1) is 19.4. The van der Waals surface area contributed by atoms with Crippen LogP contribution in [0.1, 0.15) is 40.7 Å². The molecule has 2 bridgehead atoms. The van der Waals surface area contributed by atoms with Gasteiger partial charge in [0, 0.05) is 43.1 Å². The highest BCUT2D eigenvalue weighted by Gasteiger charge is 2.65. The zero-order valence-electron chi connectivity index (χ0n) is 21.9. The predicted octanol–water partition coefficient (Wildman–Crippen LogP) is 2.18. The Morgan fingerprint density at radius 1 is 1.27 bits per heavy atom. The van der Waals surface area contributed by atoms with Crippen LogP contribution in [0.25, 0.3) is 0 Å². The van der Waals surface area contributed by atoms with E-state index in [4.69, 9.17) is 40.6 Å². The lowest BCUT2D eigenvalue weighted by Crippen LogP contribution is -2.60. The molecule has 12 nitrogen and oxygen atoms in total. The lowest BCUT2D eigenvalue weighted by Gasteiger charge is -2.43. The third-order valence-corrected chi connectivity index (χ3v) is 7.79. The Labute approximate surface area is 234 Å². The van der Waals surface area contributed by atoms with Crippen molar-refractivity contribution >= 4 is 23.4 Å². The van der Waals surface area contributed by atoms with Gasteiger partial charge < -0.3 is 28.4 Å². The Bertz CT molecular complexity index is 1460. The first kappa shape index (κ1) is 26.6. The number of methoxy groups -OCH3 is 1. The molecule has 0 aliphatic carbocycles. The second-order valence-electron chi connectivity index (χ2n) is 9.79. The molecule has 2 fully saturated rings. The second-order valence-corrected chi connectivity index (χ2v) is 10.1. The second kappa shape index (κ2) is 10.7. The summed E-state index contributed by atoms with van der Waals surface area (Å²) in [6.45, 7) is 2.20. The van der Waals surface area contributed by atoms with Crippen LogP contribution in [0.15, 0.2) is 53.8 Å². The van der Waals surface area contributed by atoms with Gasteiger partial charge in [-0.1, -0.05) is 18.2 Å². The summed E-state index contributed by atoms with van der Waals surface area (Å²) in [5.41, 5.74) is -0.142. The molecule has 3 aliphatic rings. The highest BCUT2D eigenvalue weighted by Crippen LogP contribution is 2.50. The van der Waals surface area contributed by atoms with Crippen molar-refractivity contribution in [2.24, 2.45) is 0 Å². The van der Waals surface area contributed by atoms with E-state index < -0.39 is 42.0 Å². The molecule has 0 amide bonds. The summed E-state index contributed by atoms with van der Waals surface area (Å²) in [6, 6.07) is 8.66. The van der Waals surface area contributed by atoms with Crippen molar-refractivity contribution < 1.29 is 33.2 Å². The standard InChI is InChI=1S/C27H28N4O8S/c1-16-18-13-27(39-20-9-6-12-35-20)19(14-36-24(32)17-7-4-3-5-8-17)37-23(31(18)25(33)29-22(16)34-2)21(27)38-26(40)30-11-10-28-15-30/h3-5,7-8,10-11,15,19-21,23H,6,9,12-14H2,1-2H3/t19-,20-,21+,23-,27-/m1/s1. The molecule has 0 radical (unpaired) electrons.